The first-order valence-corrected chi connectivity index (χ1v) is 13.6. The summed E-state index contributed by atoms with van der Waals surface area (Å²) < 4.78 is 45.4. The molecule has 2 aromatic rings. The maximum absolute atomic E-state index is 13.2. The van der Waals surface area contributed by atoms with E-state index in [1.54, 1.807) is 13.0 Å². The van der Waals surface area contributed by atoms with E-state index >= 15 is 0 Å². The first-order chi connectivity index (χ1) is 17.6. The number of aryl methyl sites for hydroxylation is 1. The van der Waals surface area contributed by atoms with E-state index in [0.717, 1.165) is 68.3 Å². The Morgan fingerprint density at radius 3 is 2.78 bits per heavy atom. The zero-order valence-corrected chi connectivity index (χ0v) is 22.2. The van der Waals surface area contributed by atoms with Crippen molar-refractivity contribution in [3.63, 3.8) is 0 Å². The number of carbonyl (C=O) groups excluding carboxylic acids is 1. The summed E-state index contributed by atoms with van der Waals surface area (Å²) in [4.78, 5) is 21.7. The van der Waals surface area contributed by atoms with Crippen LogP contribution in [-0.2, 0) is 28.5 Å². The Balaban J connectivity index is 1.41. The summed E-state index contributed by atoms with van der Waals surface area (Å²) in [5, 5.41) is 3.38. The molecule has 37 heavy (non-hydrogen) atoms. The summed E-state index contributed by atoms with van der Waals surface area (Å²) in [5.74, 6) is 1.61. The molecule has 1 saturated heterocycles. The van der Waals surface area contributed by atoms with Gasteiger partial charge in [-0.25, -0.2) is 9.97 Å². The SMILES string of the molecule is CCCC1CCOC(C(=O)CCC2CCc3nc(Cl)nc(N[C@H](C)c4cccc(C(F)(F)F)c4)c3C2)C1. The molecule has 0 spiro atoms. The first kappa shape index (κ1) is 27.8. The number of benzene rings is 1. The fraction of sp³-hybridized carbons (Fsp3) is 0.607. The molecule has 202 valence electrons. The number of aromatic nitrogens is 2. The van der Waals surface area contributed by atoms with E-state index < -0.39 is 17.8 Å². The number of Topliss-reactive ketones (excluding diaryl/α,β-unsaturated/α-hetero) is 1. The minimum atomic E-state index is -4.41. The summed E-state index contributed by atoms with van der Waals surface area (Å²) in [6, 6.07) is 4.87. The number of hydrogen-bond acceptors (Lipinski definition) is 5. The minimum Gasteiger partial charge on any atom is -0.370 e. The van der Waals surface area contributed by atoms with E-state index in [0.29, 0.717) is 42.7 Å². The standard InChI is InChI=1S/C28H35ClF3N3O2/c1-3-5-18-12-13-37-25(15-18)24(36)11-9-19-8-10-23-22(14-19)26(35-27(29)34-23)33-17(2)20-6-4-7-21(16-20)28(30,31)32/h4,6-7,16-19,25H,3,5,8-15H2,1-2H3,(H,33,34,35)/t17-,18?,19?,25?/m1/s1. The average Bonchev–Trinajstić information content (AvgIpc) is 2.87. The van der Waals surface area contributed by atoms with Crippen molar-refractivity contribution in [1.29, 1.82) is 0 Å². The van der Waals surface area contributed by atoms with Gasteiger partial charge in [0.1, 0.15) is 11.9 Å². The van der Waals surface area contributed by atoms with Gasteiger partial charge < -0.3 is 10.1 Å². The Labute approximate surface area is 221 Å². The summed E-state index contributed by atoms with van der Waals surface area (Å²) in [6.45, 7) is 4.63. The molecule has 1 N–H and O–H groups in total. The Kier molecular flexibility index (Phi) is 9.11. The summed E-state index contributed by atoms with van der Waals surface area (Å²) in [5.41, 5.74) is 1.61. The van der Waals surface area contributed by atoms with Gasteiger partial charge in [-0.05, 0) is 86.6 Å². The van der Waals surface area contributed by atoms with E-state index in [9.17, 15) is 18.0 Å². The van der Waals surface area contributed by atoms with E-state index in [1.807, 2.05) is 0 Å². The van der Waals surface area contributed by atoms with Gasteiger partial charge in [-0.15, -0.1) is 0 Å². The van der Waals surface area contributed by atoms with Crippen LogP contribution in [0.15, 0.2) is 24.3 Å². The number of ether oxygens (including phenoxy) is 1. The Morgan fingerprint density at radius 1 is 1.22 bits per heavy atom. The molecule has 3 unspecified atom stereocenters. The Bertz CT molecular complexity index is 1090. The Morgan fingerprint density at radius 2 is 2.03 bits per heavy atom. The smallest absolute Gasteiger partial charge is 0.370 e. The number of nitrogens with zero attached hydrogens (tertiary/aromatic N) is 2. The third-order valence-corrected chi connectivity index (χ3v) is 7.83. The molecular formula is C28H35ClF3N3O2. The third kappa shape index (κ3) is 7.23. The molecule has 0 saturated carbocycles. The van der Waals surface area contributed by atoms with Gasteiger partial charge in [-0.2, -0.15) is 13.2 Å². The monoisotopic (exact) mass is 537 g/mol. The van der Waals surface area contributed by atoms with Gasteiger partial charge >= 0.3 is 6.18 Å². The number of hydrogen-bond donors (Lipinski definition) is 1. The number of carbonyl (C=O) groups is 1. The van der Waals surface area contributed by atoms with Crippen molar-refractivity contribution in [1.82, 2.24) is 9.97 Å². The van der Waals surface area contributed by atoms with Crippen molar-refractivity contribution in [3.05, 3.63) is 51.9 Å². The second-order valence-electron chi connectivity index (χ2n) is 10.4. The van der Waals surface area contributed by atoms with Crippen LogP contribution in [0.3, 0.4) is 0 Å². The highest BCUT2D eigenvalue weighted by molar-refractivity contribution is 6.28. The van der Waals surface area contributed by atoms with E-state index in [2.05, 4.69) is 22.2 Å². The van der Waals surface area contributed by atoms with Gasteiger partial charge in [0, 0.05) is 24.6 Å². The number of ketones is 1. The molecule has 0 radical (unpaired) electrons. The van der Waals surface area contributed by atoms with Crippen LogP contribution in [-0.4, -0.2) is 28.5 Å². The van der Waals surface area contributed by atoms with Crippen molar-refractivity contribution >= 4 is 23.2 Å². The Hall–Kier alpha value is -2.19. The number of anilines is 1. The summed E-state index contributed by atoms with van der Waals surface area (Å²) in [7, 11) is 0. The molecule has 1 aromatic heterocycles. The molecule has 5 nitrogen and oxygen atoms in total. The highest BCUT2D eigenvalue weighted by Crippen LogP contribution is 2.35. The molecule has 4 rings (SSSR count). The summed E-state index contributed by atoms with van der Waals surface area (Å²) >= 11 is 6.19. The molecule has 0 bridgehead atoms. The van der Waals surface area contributed by atoms with Crippen molar-refractivity contribution in [2.75, 3.05) is 11.9 Å². The fourth-order valence-corrected chi connectivity index (χ4v) is 5.75. The van der Waals surface area contributed by atoms with Gasteiger partial charge in [0.2, 0.25) is 5.28 Å². The molecular weight excluding hydrogens is 503 g/mol. The molecule has 1 aliphatic carbocycles. The second kappa shape index (κ2) is 12.1. The molecule has 2 heterocycles. The van der Waals surface area contributed by atoms with Gasteiger partial charge in [-0.1, -0.05) is 31.9 Å². The van der Waals surface area contributed by atoms with Crippen molar-refractivity contribution in [3.8, 4) is 0 Å². The number of fused-ring (bicyclic) bond motifs is 1. The van der Waals surface area contributed by atoms with E-state index in [4.69, 9.17) is 16.3 Å². The largest absolute Gasteiger partial charge is 0.416 e. The zero-order valence-electron chi connectivity index (χ0n) is 21.4. The predicted octanol–water partition coefficient (Wildman–Crippen LogP) is 7.37. The lowest BCUT2D eigenvalue weighted by atomic mass is 9.82. The highest BCUT2D eigenvalue weighted by atomic mass is 35.5. The predicted molar refractivity (Wildman–Crippen MR) is 138 cm³/mol. The number of halogens is 4. The van der Waals surface area contributed by atoms with Gasteiger partial charge in [-0.3, -0.25) is 4.79 Å². The van der Waals surface area contributed by atoms with Gasteiger partial charge in [0.15, 0.2) is 5.78 Å². The van der Waals surface area contributed by atoms with Gasteiger partial charge in [0.25, 0.3) is 0 Å². The molecule has 1 aliphatic heterocycles. The average molecular weight is 538 g/mol. The molecule has 9 heteroatoms. The van der Waals surface area contributed by atoms with Crippen molar-refractivity contribution in [2.45, 2.75) is 90.0 Å². The van der Waals surface area contributed by atoms with Crippen LogP contribution in [0.2, 0.25) is 5.28 Å². The first-order valence-electron chi connectivity index (χ1n) is 13.3. The second-order valence-corrected chi connectivity index (χ2v) is 10.7. The van der Waals surface area contributed by atoms with Crippen LogP contribution in [0, 0.1) is 11.8 Å². The van der Waals surface area contributed by atoms with Crippen LogP contribution >= 0.6 is 11.6 Å². The lowest BCUT2D eigenvalue weighted by Crippen LogP contribution is -2.33. The topological polar surface area (TPSA) is 64.1 Å². The molecule has 1 fully saturated rings. The van der Waals surface area contributed by atoms with Gasteiger partial charge in [0.05, 0.1) is 11.3 Å². The van der Waals surface area contributed by atoms with Crippen LogP contribution in [0.4, 0.5) is 19.0 Å². The number of rotatable bonds is 9. The van der Waals surface area contributed by atoms with Crippen LogP contribution < -0.4 is 5.32 Å². The van der Waals surface area contributed by atoms with Crippen LogP contribution in [0.1, 0.15) is 87.2 Å². The van der Waals surface area contributed by atoms with E-state index in [1.165, 1.54) is 6.07 Å². The molecule has 0 amide bonds. The minimum absolute atomic E-state index is 0.113. The normalized spacial score (nSPS) is 22.8. The fourth-order valence-electron chi connectivity index (χ4n) is 5.56. The third-order valence-electron chi connectivity index (χ3n) is 7.66. The van der Waals surface area contributed by atoms with E-state index in [-0.39, 0.29) is 17.2 Å². The molecule has 4 atom stereocenters. The number of nitrogens with one attached hydrogen (secondary N) is 1. The lowest BCUT2D eigenvalue weighted by molar-refractivity contribution is -0.137. The zero-order chi connectivity index (χ0) is 26.6. The lowest BCUT2D eigenvalue weighted by Gasteiger charge is -2.30. The quantitative estimate of drug-likeness (QED) is 0.338. The number of alkyl halides is 3. The van der Waals surface area contributed by atoms with Crippen molar-refractivity contribution < 1.29 is 22.7 Å². The molecule has 2 aliphatic rings. The molecule has 1 aromatic carbocycles. The maximum Gasteiger partial charge on any atom is 0.416 e. The summed E-state index contributed by atoms with van der Waals surface area (Å²) in [6.07, 6.45) is 3.02. The van der Waals surface area contributed by atoms with Crippen LogP contribution in [0.25, 0.3) is 0 Å². The van der Waals surface area contributed by atoms with Crippen LogP contribution in [0.5, 0.6) is 0 Å². The highest BCUT2D eigenvalue weighted by Gasteiger charge is 2.32. The van der Waals surface area contributed by atoms with Crippen molar-refractivity contribution in [2.24, 2.45) is 11.8 Å². The maximum atomic E-state index is 13.2.